The lowest BCUT2D eigenvalue weighted by Crippen LogP contribution is -2.13. The third-order valence-electron chi connectivity index (χ3n) is 5.03. The molecule has 2 aromatic carbocycles. The highest BCUT2D eigenvalue weighted by molar-refractivity contribution is 6.12. The number of benzene rings is 2. The van der Waals surface area contributed by atoms with Crippen LogP contribution < -0.4 is 10.1 Å². The molecule has 3 heterocycles. The highest BCUT2D eigenvalue weighted by Gasteiger charge is 2.18. The topological polar surface area (TPSA) is 113 Å². The molecule has 34 heavy (non-hydrogen) atoms. The fourth-order valence-corrected chi connectivity index (χ4v) is 3.42. The van der Waals surface area contributed by atoms with Crippen LogP contribution in [0, 0.1) is 0 Å². The molecule has 0 unspecified atom stereocenters. The number of aromatic nitrogens is 3. The van der Waals surface area contributed by atoms with E-state index in [9.17, 15) is 4.79 Å². The molecular formula is C25H20N4O5. The lowest BCUT2D eigenvalue weighted by molar-refractivity contribution is 0.102. The van der Waals surface area contributed by atoms with E-state index in [2.05, 4.69) is 15.5 Å². The van der Waals surface area contributed by atoms with Gasteiger partial charge in [0.05, 0.1) is 29.6 Å². The molecule has 0 aliphatic rings. The number of anilines is 1. The summed E-state index contributed by atoms with van der Waals surface area (Å²) in [6.45, 7) is 0.836. The van der Waals surface area contributed by atoms with E-state index < -0.39 is 5.91 Å². The summed E-state index contributed by atoms with van der Waals surface area (Å²) in [4.78, 5) is 18.1. The van der Waals surface area contributed by atoms with Gasteiger partial charge in [-0.3, -0.25) is 10.1 Å². The minimum atomic E-state index is -0.423. The van der Waals surface area contributed by atoms with E-state index in [0.717, 1.165) is 5.56 Å². The van der Waals surface area contributed by atoms with Gasteiger partial charge in [-0.05, 0) is 36.4 Å². The van der Waals surface area contributed by atoms with Crippen LogP contribution in [0.4, 0.5) is 6.01 Å². The van der Waals surface area contributed by atoms with Crippen molar-refractivity contribution in [1.82, 2.24) is 15.2 Å². The fourth-order valence-electron chi connectivity index (χ4n) is 3.42. The summed E-state index contributed by atoms with van der Waals surface area (Å²) in [5, 5.41) is 11.1. The summed E-state index contributed by atoms with van der Waals surface area (Å²) in [5.74, 6) is 0.754. The summed E-state index contributed by atoms with van der Waals surface area (Å²) < 4.78 is 21.6. The Hall–Kier alpha value is -4.50. The van der Waals surface area contributed by atoms with Gasteiger partial charge in [0, 0.05) is 18.1 Å². The second kappa shape index (κ2) is 9.55. The van der Waals surface area contributed by atoms with Gasteiger partial charge in [-0.25, -0.2) is 4.98 Å². The number of amides is 1. The molecule has 0 aliphatic heterocycles. The molecule has 0 aliphatic carbocycles. The van der Waals surface area contributed by atoms with Crippen molar-refractivity contribution in [2.24, 2.45) is 0 Å². The number of hydrogen-bond donors (Lipinski definition) is 1. The Morgan fingerprint density at radius 1 is 1.00 bits per heavy atom. The molecule has 0 spiro atoms. The predicted octanol–water partition coefficient (Wildman–Crippen LogP) is 4.82. The summed E-state index contributed by atoms with van der Waals surface area (Å²) in [6.07, 6.45) is 1.50. The number of furan rings is 1. The van der Waals surface area contributed by atoms with Crippen molar-refractivity contribution in [2.45, 2.75) is 0 Å². The molecule has 3 aromatic heterocycles. The molecule has 0 fully saturated rings. The molecule has 5 rings (SSSR count). The Bertz CT molecular complexity index is 1410. The van der Waals surface area contributed by atoms with Crippen LogP contribution in [-0.2, 0) is 4.74 Å². The second-order valence-corrected chi connectivity index (χ2v) is 7.29. The quantitative estimate of drug-likeness (QED) is 0.331. The minimum Gasteiger partial charge on any atom is -0.491 e. The summed E-state index contributed by atoms with van der Waals surface area (Å²) in [5.41, 5.74) is 2.58. The van der Waals surface area contributed by atoms with Gasteiger partial charge >= 0.3 is 6.01 Å². The first-order valence-electron chi connectivity index (χ1n) is 10.5. The highest BCUT2D eigenvalue weighted by Crippen LogP contribution is 2.29. The Morgan fingerprint density at radius 3 is 2.68 bits per heavy atom. The van der Waals surface area contributed by atoms with Crippen LogP contribution in [-0.4, -0.2) is 41.4 Å². The van der Waals surface area contributed by atoms with E-state index in [1.54, 1.807) is 31.4 Å². The van der Waals surface area contributed by atoms with Gasteiger partial charge in [0.1, 0.15) is 12.4 Å². The number of ether oxygens (including phenoxy) is 2. The van der Waals surface area contributed by atoms with Gasteiger partial charge in [0.25, 0.3) is 11.8 Å². The number of nitrogens with one attached hydrogen (secondary N) is 1. The van der Waals surface area contributed by atoms with Gasteiger partial charge in [-0.1, -0.05) is 35.4 Å². The van der Waals surface area contributed by atoms with E-state index in [0.29, 0.717) is 46.9 Å². The second-order valence-electron chi connectivity index (χ2n) is 7.29. The van der Waals surface area contributed by atoms with Gasteiger partial charge in [0.2, 0.25) is 0 Å². The van der Waals surface area contributed by atoms with E-state index in [-0.39, 0.29) is 11.9 Å². The van der Waals surface area contributed by atoms with Crippen LogP contribution in [0.5, 0.6) is 5.75 Å². The molecule has 0 saturated carbocycles. The highest BCUT2D eigenvalue weighted by atomic mass is 16.5. The van der Waals surface area contributed by atoms with E-state index in [1.165, 1.54) is 6.26 Å². The fraction of sp³-hybridized carbons (Fsp3) is 0.120. The molecule has 0 radical (unpaired) electrons. The van der Waals surface area contributed by atoms with E-state index in [4.69, 9.17) is 23.3 Å². The van der Waals surface area contributed by atoms with Crippen LogP contribution in [0.3, 0.4) is 0 Å². The molecule has 1 N–H and O–H groups in total. The van der Waals surface area contributed by atoms with Crippen molar-refractivity contribution in [2.75, 3.05) is 25.6 Å². The zero-order valence-electron chi connectivity index (χ0n) is 18.2. The molecular weight excluding hydrogens is 436 g/mol. The van der Waals surface area contributed by atoms with Crippen molar-refractivity contribution in [3.8, 4) is 28.7 Å². The van der Waals surface area contributed by atoms with Gasteiger partial charge in [0.15, 0.2) is 5.76 Å². The number of carbonyl (C=O) groups excluding carboxylic acids is 1. The smallest absolute Gasteiger partial charge is 0.322 e. The SMILES string of the molecule is COCCOc1ccc2nc(-c3ccccc3)cc(C(=O)Nc3nnc(-c4ccco4)o3)c2c1. The lowest BCUT2D eigenvalue weighted by Gasteiger charge is -2.11. The standard InChI is InChI=1S/C25H20N4O5/c1-31-12-13-32-17-9-10-20-18(14-17)19(15-21(26-20)16-6-3-2-4-7-16)23(30)27-25-29-28-24(34-25)22-8-5-11-33-22/h2-11,14-15H,12-13H2,1H3,(H,27,29,30). The third-order valence-corrected chi connectivity index (χ3v) is 5.03. The average Bonchev–Trinajstić information content (AvgIpc) is 3.56. The number of fused-ring (bicyclic) bond motifs is 1. The first kappa shape index (κ1) is 21.4. The average molecular weight is 456 g/mol. The Labute approximate surface area is 194 Å². The number of hydrogen-bond acceptors (Lipinski definition) is 8. The first-order chi connectivity index (χ1) is 16.7. The zero-order valence-corrected chi connectivity index (χ0v) is 18.2. The first-order valence-corrected chi connectivity index (χ1v) is 10.5. The Morgan fingerprint density at radius 2 is 1.88 bits per heavy atom. The summed E-state index contributed by atoms with van der Waals surface area (Å²) in [6, 6.07) is 20.1. The molecule has 9 nitrogen and oxygen atoms in total. The van der Waals surface area contributed by atoms with Crippen LogP contribution in [0.15, 0.2) is 81.8 Å². The molecule has 1 amide bonds. The summed E-state index contributed by atoms with van der Waals surface area (Å²) >= 11 is 0. The number of carbonyl (C=O) groups is 1. The number of nitrogens with zero attached hydrogens (tertiary/aromatic N) is 3. The maximum absolute atomic E-state index is 13.3. The molecule has 0 saturated heterocycles. The summed E-state index contributed by atoms with van der Waals surface area (Å²) in [7, 11) is 1.61. The van der Waals surface area contributed by atoms with E-state index in [1.807, 2.05) is 42.5 Å². The monoisotopic (exact) mass is 456 g/mol. The van der Waals surface area contributed by atoms with Crippen LogP contribution >= 0.6 is 0 Å². The molecule has 0 atom stereocenters. The van der Waals surface area contributed by atoms with Crippen molar-refractivity contribution in [1.29, 1.82) is 0 Å². The van der Waals surface area contributed by atoms with Crippen LogP contribution in [0.1, 0.15) is 10.4 Å². The lowest BCUT2D eigenvalue weighted by atomic mass is 10.0. The van der Waals surface area contributed by atoms with Crippen molar-refractivity contribution in [3.63, 3.8) is 0 Å². The zero-order chi connectivity index (χ0) is 23.3. The van der Waals surface area contributed by atoms with Crippen molar-refractivity contribution < 1.29 is 23.1 Å². The van der Waals surface area contributed by atoms with Crippen LogP contribution in [0.2, 0.25) is 0 Å². The van der Waals surface area contributed by atoms with Gasteiger partial charge in [-0.2, -0.15) is 0 Å². The van der Waals surface area contributed by atoms with E-state index >= 15 is 0 Å². The number of pyridine rings is 1. The number of methoxy groups -OCH3 is 1. The molecule has 0 bridgehead atoms. The third kappa shape index (κ3) is 4.50. The van der Waals surface area contributed by atoms with Crippen molar-refractivity contribution in [3.05, 3.63) is 78.6 Å². The molecule has 9 heteroatoms. The minimum absolute atomic E-state index is 0.0462. The van der Waals surface area contributed by atoms with Crippen LogP contribution in [0.25, 0.3) is 33.8 Å². The maximum atomic E-state index is 13.3. The Balaban J connectivity index is 1.52. The Kier molecular flexibility index (Phi) is 6.00. The number of rotatable bonds is 8. The largest absolute Gasteiger partial charge is 0.491 e. The maximum Gasteiger partial charge on any atom is 0.322 e. The molecule has 170 valence electrons. The van der Waals surface area contributed by atoms with Gasteiger partial charge < -0.3 is 18.3 Å². The van der Waals surface area contributed by atoms with Crippen molar-refractivity contribution >= 4 is 22.8 Å². The molecule has 5 aromatic rings. The predicted molar refractivity (Wildman–Crippen MR) is 125 cm³/mol. The normalized spacial score (nSPS) is 11.0. The van der Waals surface area contributed by atoms with Gasteiger partial charge in [-0.15, -0.1) is 5.10 Å².